The highest BCUT2D eigenvalue weighted by molar-refractivity contribution is 7.15. The molecule has 2 amide bonds. The molecule has 6 nitrogen and oxygen atoms in total. The van der Waals surface area contributed by atoms with E-state index in [9.17, 15) is 9.59 Å². The van der Waals surface area contributed by atoms with Gasteiger partial charge in [0.15, 0.2) is 0 Å². The molecule has 3 rings (SSSR count). The van der Waals surface area contributed by atoms with E-state index < -0.39 is 11.8 Å². The minimum atomic E-state index is -0.515. The van der Waals surface area contributed by atoms with Crippen molar-refractivity contribution < 1.29 is 9.59 Å². The molecule has 0 aliphatic heterocycles. The van der Waals surface area contributed by atoms with Crippen LogP contribution in [-0.4, -0.2) is 21.4 Å². The summed E-state index contributed by atoms with van der Waals surface area (Å²) in [6.45, 7) is 0. The van der Waals surface area contributed by atoms with E-state index in [2.05, 4.69) is 4.98 Å². The van der Waals surface area contributed by atoms with E-state index in [0.29, 0.717) is 22.7 Å². The van der Waals surface area contributed by atoms with Gasteiger partial charge < -0.3 is 11.5 Å². The molecule has 0 atom stereocenters. The summed E-state index contributed by atoms with van der Waals surface area (Å²) in [5, 5.41) is 0.655. The van der Waals surface area contributed by atoms with Crippen molar-refractivity contribution in [2.24, 2.45) is 11.5 Å². The highest BCUT2D eigenvalue weighted by atomic mass is 32.1. The summed E-state index contributed by atoms with van der Waals surface area (Å²) in [4.78, 5) is 28.1. The van der Waals surface area contributed by atoms with Gasteiger partial charge in [0.05, 0.1) is 17.7 Å². The number of carbonyl (C=O) groups excluding carboxylic acids is 2. The highest BCUT2D eigenvalue weighted by Crippen LogP contribution is 2.29. The summed E-state index contributed by atoms with van der Waals surface area (Å²) in [6, 6.07) is 11.8. The number of rotatable bonds is 6. The van der Waals surface area contributed by atoms with E-state index in [1.165, 1.54) is 11.3 Å². The number of carbonyl (C=O) groups is 2. The van der Waals surface area contributed by atoms with Crippen LogP contribution in [0.4, 0.5) is 0 Å². The number of hydrogen-bond acceptors (Lipinski definition) is 4. The van der Waals surface area contributed by atoms with Crippen LogP contribution in [0.1, 0.15) is 26.5 Å². The first-order valence-electron chi connectivity index (χ1n) is 7.31. The van der Waals surface area contributed by atoms with Crippen molar-refractivity contribution >= 4 is 23.2 Å². The fraction of sp³-hybridized carbons (Fsp3) is 0.118. The number of amides is 2. The molecule has 2 aromatic heterocycles. The Morgan fingerprint density at radius 3 is 2.58 bits per heavy atom. The molecule has 2 heterocycles. The second kappa shape index (κ2) is 6.67. The van der Waals surface area contributed by atoms with E-state index in [-0.39, 0.29) is 6.42 Å². The van der Waals surface area contributed by atoms with Gasteiger partial charge in [-0.25, -0.2) is 4.98 Å². The van der Waals surface area contributed by atoms with Crippen LogP contribution in [-0.2, 0) is 17.6 Å². The van der Waals surface area contributed by atoms with Crippen LogP contribution in [0.15, 0.2) is 48.9 Å². The van der Waals surface area contributed by atoms with Crippen LogP contribution in [0, 0.1) is 0 Å². The molecule has 3 aromatic rings. The largest absolute Gasteiger partial charge is 0.369 e. The Kier molecular flexibility index (Phi) is 4.43. The zero-order valence-electron chi connectivity index (χ0n) is 12.8. The fourth-order valence-corrected chi connectivity index (χ4v) is 3.68. The van der Waals surface area contributed by atoms with Crippen molar-refractivity contribution in [2.45, 2.75) is 12.8 Å². The number of nitrogens with two attached hydrogens (primary N) is 2. The average Bonchev–Trinajstić information content (AvgIpc) is 3.14. The van der Waals surface area contributed by atoms with Crippen LogP contribution in [0.2, 0.25) is 0 Å². The van der Waals surface area contributed by atoms with Crippen LogP contribution < -0.4 is 11.5 Å². The van der Waals surface area contributed by atoms with Gasteiger partial charge in [-0.15, -0.1) is 11.3 Å². The lowest BCUT2D eigenvalue weighted by Gasteiger charge is -2.05. The molecule has 0 saturated heterocycles. The van der Waals surface area contributed by atoms with Gasteiger partial charge in [0.1, 0.15) is 11.3 Å². The molecule has 0 spiro atoms. The van der Waals surface area contributed by atoms with Gasteiger partial charge in [-0.2, -0.15) is 0 Å². The molecule has 0 aliphatic rings. The standard InChI is InChI=1S/C17H16N4O2S/c18-15(22)7-12-9-20-10-21(12)17-14(16(19)23)8-13(24-17)6-11-4-2-1-3-5-11/h1-5,8-10H,6-7H2,(H2,18,22)(H2,19,23). The van der Waals surface area contributed by atoms with Crippen molar-refractivity contribution in [1.82, 2.24) is 9.55 Å². The van der Waals surface area contributed by atoms with Crippen LogP contribution >= 0.6 is 11.3 Å². The van der Waals surface area contributed by atoms with E-state index in [0.717, 1.165) is 10.4 Å². The smallest absolute Gasteiger partial charge is 0.251 e. The first-order valence-corrected chi connectivity index (χ1v) is 8.12. The lowest BCUT2D eigenvalue weighted by molar-refractivity contribution is -0.117. The van der Waals surface area contributed by atoms with Crippen molar-refractivity contribution in [3.8, 4) is 5.00 Å². The van der Waals surface area contributed by atoms with Crippen molar-refractivity contribution in [1.29, 1.82) is 0 Å². The predicted octanol–water partition coefficient (Wildman–Crippen LogP) is 1.65. The van der Waals surface area contributed by atoms with Crippen molar-refractivity contribution in [3.63, 3.8) is 0 Å². The minimum Gasteiger partial charge on any atom is -0.369 e. The third kappa shape index (κ3) is 3.36. The van der Waals surface area contributed by atoms with Gasteiger partial charge in [0.2, 0.25) is 5.91 Å². The Morgan fingerprint density at radius 1 is 1.17 bits per heavy atom. The number of imidazole rings is 1. The van der Waals surface area contributed by atoms with Crippen LogP contribution in [0.5, 0.6) is 0 Å². The van der Waals surface area contributed by atoms with Gasteiger partial charge in [0, 0.05) is 17.5 Å². The summed E-state index contributed by atoms with van der Waals surface area (Å²) in [5.74, 6) is -0.974. The summed E-state index contributed by atoms with van der Waals surface area (Å²) < 4.78 is 1.70. The number of primary amides is 2. The molecule has 0 saturated carbocycles. The first-order chi connectivity index (χ1) is 11.5. The topological polar surface area (TPSA) is 104 Å². The molecule has 1 aromatic carbocycles. The molecular formula is C17H16N4O2S. The molecule has 4 N–H and O–H groups in total. The number of benzene rings is 1. The number of thiophene rings is 1. The predicted molar refractivity (Wildman–Crippen MR) is 92.1 cm³/mol. The number of aromatic nitrogens is 2. The minimum absolute atomic E-state index is 0.0458. The van der Waals surface area contributed by atoms with Gasteiger partial charge in [-0.05, 0) is 11.6 Å². The number of hydrogen-bond donors (Lipinski definition) is 2. The Bertz CT molecular complexity index is 883. The normalized spacial score (nSPS) is 10.7. The Balaban J connectivity index is 2.00. The highest BCUT2D eigenvalue weighted by Gasteiger charge is 2.18. The fourth-order valence-electron chi connectivity index (χ4n) is 2.49. The van der Waals surface area contributed by atoms with Gasteiger partial charge in [0.25, 0.3) is 5.91 Å². The van der Waals surface area contributed by atoms with Crippen LogP contribution in [0.3, 0.4) is 0 Å². The van der Waals surface area contributed by atoms with Gasteiger partial charge >= 0.3 is 0 Å². The molecule has 0 bridgehead atoms. The van der Waals surface area contributed by atoms with Gasteiger partial charge in [-0.1, -0.05) is 30.3 Å². The van der Waals surface area contributed by atoms with E-state index in [1.54, 1.807) is 23.2 Å². The zero-order valence-corrected chi connectivity index (χ0v) is 13.6. The van der Waals surface area contributed by atoms with Crippen molar-refractivity contribution in [3.05, 3.63) is 70.6 Å². The molecule has 24 heavy (non-hydrogen) atoms. The Hall–Kier alpha value is -2.93. The third-order valence-electron chi connectivity index (χ3n) is 3.54. The van der Waals surface area contributed by atoms with E-state index in [4.69, 9.17) is 11.5 Å². The SMILES string of the molecule is NC(=O)Cc1cncn1-c1sc(Cc2ccccc2)cc1C(N)=O. The lowest BCUT2D eigenvalue weighted by Crippen LogP contribution is -2.17. The third-order valence-corrected chi connectivity index (χ3v) is 4.67. The molecule has 7 heteroatoms. The quantitative estimate of drug-likeness (QED) is 0.713. The summed E-state index contributed by atoms with van der Waals surface area (Å²) in [6.07, 6.45) is 3.87. The second-order valence-corrected chi connectivity index (χ2v) is 6.47. The lowest BCUT2D eigenvalue weighted by atomic mass is 10.1. The summed E-state index contributed by atoms with van der Waals surface area (Å²) >= 11 is 1.45. The molecule has 0 radical (unpaired) electrons. The number of nitrogens with zero attached hydrogens (tertiary/aromatic N) is 2. The summed E-state index contributed by atoms with van der Waals surface area (Å²) in [5.41, 5.74) is 13.0. The second-order valence-electron chi connectivity index (χ2n) is 5.36. The maximum Gasteiger partial charge on any atom is 0.251 e. The van der Waals surface area contributed by atoms with Crippen LogP contribution in [0.25, 0.3) is 5.00 Å². The van der Waals surface area contributed by atoms with E-state index in [1.807, 2.05) is 30.3 Å². The molecule has 122 valence electrons. The van der Waals surface area contributed by atoms with E-state index >= 15 is 0 Å². The Morgan fingerprint density at radius 2 is 1.92 bits per heavy atom. The zero-order chi connectivity index (χ0) is 17.1. The maximum absolute atomic E-state index is 11.8. The average molecular weight is 340 g/mol. The molecular weight excluding hydrogens is 324 g/mol. The maximum atomic E-state index is 11.8. The molecule has 0 fully saturated rings. The Labute approximate surface area is 142 Å². The monoisotopic (exact) mass is 340 g/mol. The summed E-state index contributed by atoms with van der Waals surface area (Å²) in [7, 11) is 0. The van der Waals surface area contributed by atoms with Gasteiger partial charge in [-0.3, -0.25) is 14.2 Å². The first kappa shape index (κ1) is 15.9. The molecule has 0 aliphatic carbocycles. The molecule has 0 unspecified atom stereocenters. The van der Waals surface area contributed by atoms with Crippen molar-refractivity contribution in [2.75, 3.05) is 0 Å².